The Bertz CT molecular complexity index is 310. The molecule has 0 aromatic heterocycles. The molecule has 2 nitrogen and oxygen atoms in total. The molecule has 0 fully saturated rings. The first-order valence-electron chi connectivity index (χ1n) is 3.22. The van der Waals surface area contributed by atoms with Crippen molar-refractivity contribution in [1.29, 1.82) is 0 Å². The first-order valence-corrected chi connectivity index (χ1v) is 4.11. The summed E-state index contributed by atoms with van der Waals surface area (Å²) in [7, 11) is 0. The monoisotopic (exact) mass is 199 g/mol. The van der Waals surface area contributed by atoms with E-state index in [9.17, 15) is 4.79 Å². The fourth-order valence-corrected chi connectivity index (χ4v) is 1.21. The normalized spacial score (nSPS) is 9.58. The summed E-state index contributed by atoms with van der Waals surface area (Å²) in [5.41, 5.74) is 0. The van der Waals surface area contributed by atoms with Gasteiger partial charge in [0.1, 0.15) is 5.75 Å². The van der Waals surface area contributed by atoms with Crippen LogP contribution >= 0.6 is 25.3 Å². The second kappa shape index (κ2) is 3.87. The highest BCUT2D eigenvalue weighted by atomic mass is 32.1. The lowest BCUT2D eigenvalue weighted by Crippen LogP contribution is -2.01. The zero-order chi connectivity index (χ0) is 9.14. The third-order valence-corrected chi connectivity index (χ3v) is 1.72. The van der Waals surface area contributed by atoms with E-state index >= 15 is 0 Å². The molecule has 0 unspecified atom stereocenters. The van der Waals surface area contributed by atoms with Crippen molar-refractivity contribution in [2.45, 2.75) is 16.7 Å². The van der Waals surface area contributed by atoms with Gasteiger partial charge in [-0.05, 0) is 12.1 Å². The second-order valence-electron chi connectivity index (χ2n) is 2.15. The Morgan fingerprint density at radius 2 is 2.17 bits per heavy atom. The highest BCUT2D eigenvalue weighted by molar-refractivity contribution is 7.81. The zero-order valence-electron chi connectivity index (χ0n) is 6.37. The number of thiol groups is 2. The lowest BCUT2D eigenvalue weighted by Gasteiger charge is -2.03. The predicted octanol–water partition coefficient (Wildman–Crippen LogP) is 1.99. The van der Waals surface area contributed by atoms with Crippen LogP contribution in [0.4, 0.5) is 0 Å². The Hall–Kier alpha value is -0.610. The number of rotatable bonds is 1. The van der Waals surface area contributed by atoms with Crippen LogP contribution in [0.25, 0.3) is 0 Å². The second-order valence-corrected chi connectivity index (χ2v) is 3.08. The van der Waals surface area contributed by atoms with Crippen molar-refractivity contribution in [3.63, 3.8) is 0 Å². The number of hydrogen-bond donors (Lipinski definition) is 2. The SMILES string of the molecule is CC(=O)Oc1ccc(S)[c]c1S. The highest BCUT2D eigenvalue weighted by Crippen LogP contribution is 2.24. The minimum Gasteiger partial charge on any atom is -0.426 e. The van der Waals surface area contributed by atoms with Gasteiger partial charge >= 0.3 is 5.97 Å². The van der Waals surface area contributed by atoms with Gasteiger partial charge < -0.3 is 4.74 Å². The van der Waals surface area contributed by atoms with Crippen LogP contribution in [0.5, 0.6) is 5.75 Å². The van der Waals surface area contributed by atoms with Gasteiger partial charge in [0.2, 0.25) is 0 Å². The third kappa shape index (κ3) is 2.46. The van der Waals surface area contributed by atoms with Crippen molar-refractivity contribution in [3.05, 3.63) is 18.2 Å². The topological polar surface area (TPSA) is 26.3 Å². The molecular weight excluding hydrogens is 192 g/mol. The molecule has 0 atom stereocenters. The summed E-state index contributed by atoms with van der Waals surface area (Å²) < 4.78 is 4.82. The van der Waals surface area contributed by atoms with Gasteiger partial charge in [0.15, 0.2) is 0 Å². The summed E-state index contributed by atoms with van der Waals surface area (Å²) in [6.45, 7) is 1.34. The van der Waals surface area contributed by atoms with Crippen molar-refractivity contribution in [2.75, 3.05) is 0 Å². The van der Waals surface area contributed by atoms with Crippen molar-refractivity contribution in [3.8, 4) is 5.75 Å². The number of hydrogen-bond acceptors (Lipinski definition) is 4. The molecule has 0 amide bonds. The van der Waals surface area contributed by atoms with E-state index in [0.29, 0.717) is 15.5 Å². The van der Waals surface area contributed by atoms with Crippen molar-refractivity contribution < 1.29 is 9.53 Å². The van der Waals surface area contributed by atoms with Crippen molar-refractivity contribution in [2.24, 2.45) is 0 Å². The number of esters is 1. The Morgan fingerprint density at radius 3 is 2.67 bits per heavy atom. The van der Waals surface area contributed by atoms with Crippen molar-refractivity contribution in [1.82, 2.24) is 0 Å². The highest BCUT2D eigenvalue weighted by Gasteiger charge is 2.02. The Labute approximate surface area is 81.7 Å². The Balaban J connectivity index is 2.93. The van der Waals surface area contributed by atoms with E-state index in [0.717, 1.165) is 0 Å². The summed E-state index contributed by atoms with van der Waals surface area (Å²) >= 11 is 8.11. The van der Waals surface area contributed by atoms with Gasteiger partial charge in [0, 0.05) is 17.9 Å². The molecule has 0 spiro atoms. The maximum absolute atomic E-state index is 10.6. The van der Waals surface area contributed by atoms with Gasteiger partial charge in [0.05, 0.1) is 4.90 Å². The lowest BCUT2D eigenvalue weighted by atomic mass is 10.3. The summed E-state index contributed by atoms with van der Waals surface area (Å²) in [5.74, 6) is 0.0363. The van der Waals surface area contributed by atoms with Crippen LogP contribution in [0.2, 0.25) is 0 Å². The van der Waals surface area contributed by atoms with Crippen LogP contribution in [0.15, 0.2) is 21.9 Å². The first-order chi connectivity index (χ1) is 5.59. The maximum atomic E-state index is 10.6. The molecule has 4 heteroatoms. The van der Waals surface area contributed by atoms with E-state index < -0.39 is 0 Å². The molecule has 63 valence electrons. The van der Waals surface area contributed by atoms with Crippen LogP contribution in [0.1, 0.15) is 6.92 Å². The van der Waals surface area contributed by atoms with E-state index in [2.05, 4.69) is 31.3 Å². The van der Waals surface area contributed by atoms with Gasteiger partial charge in [-0.2, -0.15) is 0 Å². The van der Waals surface area contributed by atoms with Crippen LogP contribution in [0, 0.1) is 6.07 Å². The van der Waals surface area contributed by atoms with E-state index in [-0.39, 0.29) is 5.97 Å². The summed E-state index contributed by atoms with van der Waals surface area (Å²) in [5, 5.41) is 0. The third-order valence-electron chi connectivity index (χ3n) is 1.13. The van der Waals surface area contributed by atoms with E-state index in [1.165, 1.54) is 6.92 Å². The molecule has 0 heterocycles. The largest absolute Gasteiger partial charge is 0.426 e. The lowest BCUT2D eigenvalue weighted by molar-refractivity contribution is -0.132. The van der Waals surface area contributed by atoms with E-state index in [4.69, 9.17) is 4.74 Å². The zero-order valence-corrected chi connectivity index (χ0v) is 8.15. The van der Waals surface area contributed by atoms with Crippen LogP contribution < -0.4 is 4.74 Å². The quantitative estimate of drug-likeness (QED) is 0.411. The van der Waals surface area contributed by atoms with Crippen LogP contribution in [-0.4, -0.2) is 5.97 Å². The molecule has 0 N–H and O–H groups in total. The van der Waals surface area contributed by atoms with Gasteiger partial charge in [-0.15, -0.1) is 25.3 Å². The molecule has 0 saturated heterocycles. The molecular formula is C8H7O2S2. The summed E-state index contributed by atoms with van der Waals surface area (Å²) in [6, 6.07) is 6.10. The molecule has 0 bridgehead atoms. The van der Waals surface area contributed by atoms with Crippen LogP contribution in [-0.2, 0) is 4.79 Å². The number of carbonyl (C=O) groups is 1. The molecule has 1 radical (unpaired) electrons. The first kappa shape index (κ1) is 9.48. The molecule has 0 aliphatic rings. The average molecular weight is 199 g/mol. The standard InChI is InChI=1S/C8H7O2S2/c1-5(9)10-7-3-2-6(11)4-8(7)12/h2-3,11-12H,1H3. The van der Waals surface area contributed by atoms with Gasteiger partial charge in [-0.1, -0.05) is 0 Å². The molecule has 1 rings (SSSR count). The van der Waals surface area contributed by atoms with Gasteiger partial charge in [0.25, 0.3) is 0 Å². The fourth-order valence-electron chi connectivity index (χ4n) is 0.695. The van der Waals surface area contributed by atoms with Gasteiger partial charge in [-0.25, -0.2) is 0 Å². The Kier molecular flexibility index (Phi) is 3.05. The number of carbonyl (C=O) groups excluding carboxylic acids is 1. The van der Waals surface area contributed by atoms with E-state index in [1.807, 2.05) is 0 Å². The van der Waals surface area contributed by atoms with Crippen LogP contribution in [0.3, 0.4) is 0 Å². The summed E-state index contributed by atoms with van der Waals surface area (Å²) in [6.07, 6.45) is 0. The fraction of sp³-hybridized carbons (Fsp3) is 0.125. The minimum absolute atomic E-state index is 0.370. The predicted molar refractivity (Wildman–Crippen MR) is 51.1 cm³/mol. The molecule has 0 aliphatic heterocycles. The molecule has 0 aliphatic carbocycles. The minimum atomic E-state index is -0.370. The maximum Gasteiger partial charge on any atom is 0.308 e. The molecule has 0 saturated carbocycles. The van der Waals surface area contributed by atoms with Gasteiger partial charge in [-0.3, -0.25) is 4.79 Å². The van der Waals surface area contributed by atoms with Crippen molar-refractivity contribution >= 4 is 31.2 Å². The average Bonchev–Trinajstić information content (AvgIpc) is 1.94. The molecule has 1 aromatic carbocycles. The smallest absolute Gasteiger partial charge is 0.308 e. The number of ether oxygens (including phenoxy) is 1. The molecule has 1 aromatic rings. The Morgan fingerprint density at radius 1 is 1.50 bits per heavy atom. The van der Waals surface area contributed by atoms with E-state index in [1.54, 1.807) is 12.1 Å². The number of benzene rings is 1. The molecule has 12 heavy (non-hydrogen) atoms. The summed E-state index contributed by atoms with van der Waals surface area (Å²) in [4.78, 5) is 11.7.